The second kappa shape index (κ2) is 2.91. The predicted molar refractivity (Wildman–Crippen MR) is 53.7 cm³/mol. The van der Waals surface area contributed by atoms with E-state index in [4.69, 9.17) is 4.74 Å². The van der Waals surface area contributed by atoms with E-state index in [2.05, 4.69) is 0 Å². The van der Waals surface area contributed by atoms with Crippen molar-refractivity contribution in [2.24, 2.45) is 5.92 Å². The van der Waals surface area contributed by atoms with Crippen LogP contribution >= 0.6 is 0 Å². The number of rotatable bonds is 0. The summed E-state index contributed by atoms with van der Waals surface area (Å²) >= 11 is 0. The minimum absolute atomic E-state index is 0.361. The number of ether oxygens (including phenoxy) is 1. The fraction of sp³-hybridized carbons (Fsp3) is 0.500. The molecule has 1 aliphatic carbocycles. The van der Waals surface area contributed by atoms with Gasteiger partial charge in [0.1, 0.15) is 11.5 Å². The molecule has 0 spiro atoms. The van der Waals surface area contributed by atoms with Crippen LogP contribution in [0.1, 0.15) is 30.7 Å². The van der Waals surface area contributed by atoms with Gasteiger partial charge in [0.05, 0.1) is 6.61 Å². The molecule has 1 heterocycles. The minimum Gasteiger partial charge on any atom is -0.508 e. The van der Waals surface area contributed by atoms with E-state index < -0.39 is 0 Å². The number of phenolic OH excluding ortho intramolecular Hbond substituents is 1. The van der Waals surface area contributed by atoms with Crippen LogP contribution in [-0.2, 0) is 0 Å². The van der Waals surface area contributed by atoms with E-state index in [1.54, 1.807) is 6.07 Å². The molecule has 0 radical (unpaired) electrons. The summed E-state index contributed by atoms with van der Waals surface area (Å²) < 4.78 is 5.68. The molecule has 2 unspecified atom stereocenters. The Morgan fingerprint density at radius 2 is 2.21 bits per heavy atom. The van der Waals surface area contributed by atoms with Gasteiger partial charge in [-0.15, -0.1) is 0 Å². The Bertz CT molecular complexity index is 359. The van der Waals surface area contributed by atoms with Crippen molar-refractivity contribution >= 4 is 0 Å². The van der Waals surface area contributed by atoms with Crippen molar-refractivity contribution in [3.8, 4) is 11.5 Å². The van der Waals surface area contributed by atoms with Gasteiger partial charge in [-0.1, -0.05) is 6.42 Å². The minimum atomic E-state index is 0.361. The largest absolute Gasteiger partial charge is 0.508 e. The van der Waals surface area contributed by atoms with Gasteiger partial charge >= 0.3 is 0 Å². The summed E-state index contributed by atoms with van der Waals surface area (Å²) in [5.41, 5.74) is 1.22. The summed E-state index contributed by atoms with van der Waals surface area (Å²) in [6.45, 7) is 0.864. The maximum Gasteiger partial charge on any atom is 0.123 e. The van der Waals surface area contributed by atoms with Gasteiger partial charge in [0.15, 0.2) is 0 Å². The lowest BCUT2D eigenvalue weighted by atomic mass is 9.87. The van der Waals surface area contributed by atoms with Crippen LogP contribution in [0.5, 0.6) is 11.5 Å². The second-order valence-corrected chi connectivity index (χ2v) is 4.33. The van der Waals surface area contributed by atoms with Gasteiger partial charge in [0, 0.05) is 5.56 Å². The summed E-state index contributed by atoms with van der Waals surface area (Å²) in [6.07, 6.45) is 3.83. The molecule has 1 saturated carbocycles. The Hall–Kier alpha value is -1.18. The zero-order valence-electron chi connectivity index (χ0n) is 8.07. The summed E-state index contributed by atoms with van der Waals surface area (Å²) in [5, 5.41) is 9.45. The second-order valence-electron chi connectivity index (χ2n) is 4.33. The summed E-state index contributed by atoms with van der Waals surface area (Å²) in [7, 11) is 0. The first-order valence-corrected chi connectivity index (χ1v) is 5.30. The van der Waals surface area contributed by atoms with Crippen molar-refractivity contribution in [1.82, 2.24) is 0 Å². The number of fused-ring (bicyclic) bond motifs is 3. The van der Waals surface area contributed by atoms with Crippen LogP contribution in [0.4, 0.5) is 0 Å². The lowest BCUT2D eigenvalue weighted by Crippen LogP contribution is -2.21. The normalized spacial score (nSPS) is 29.1. The molecule has 2 atom stereocenters. The van der Waals surface area contributed by atoms with Crippen molar-refractivity contribution in [2.45, 2.75) is 25.2 Å². The van der Waals surface area contributed by atoms with Crippen molar-refractivity contribution in [3.05, 3.63) is 23.8 Å². The molecule has 1 fully saturated rings. The van der Waals surface area contributed by atoms with Gasteiger partial charge in [-0.3, -0.25) is 0 Å². The molecule has 2 aliphatic rings. The molecule has 14 heavy (non-hydrogen) atoms. The molecule has 0 amide bonds. The maximum atomic E-state index is 9.45. The van der Waals surface area contributed by atoms with Gasteiger partial charge < -0.3 is 9.84 Å². The number of hydrogen-bond acceptors (Lipinski definition) is 2. The molecular weight excluding hydrogens is 176 g/mol. The topological polar surface area (TPSA) is 29.5 Å². The van der Waals surface area contributed by atoms with Gasteiger partial charge in [0.25, 0.3) is 0 Å². The van der Waals surface area contributed by atoms with Gasteiger partial charge in [-0.25, -0.2) is 0 Å². The molecule has 1 aromatic carbocycles. The fourth-order valence-electron chi connectivity index (χ4n) is 2.80. The van der Waals surface area contributed by atoms with Crippen molar-refractivity contribution in [3.63, 3.8) is 0 Å². The van der Waals surface area contributed by atoms with Crippen molar-refractivity contribution in [1.29, 1.82) is 0 Å². The van der Waals surface area contributed by atoms with E-state index in [1.807, 2.05) is 12.1 Å². The van der Waals surface area contributed by atoms with E-state index in [-0.39, 0.29) is 0 Å². The molecule has 2 heteroatoms. The van der Waals surface area contributed by atoms with E-state index in [9.17, 15) is 5.11 Å². The van der Waals surface area contributed by atoms with Crippen molar-refractivity contribution in [2.75, 3.05) is 6.61 Å². The highest BCUT2D eigenvalue weighted by atomic mass is 16.5. The quantitative estimate of drug-likeness (QED) is 0.681. The van der Waals surface area contributed by atoms with E-state index in [0.717, 1.165) is 12.4 Å². The fourth-order valence-corrected chi connectivity index (χ4v) is 2.80. The zero-order chi connectivity index (χ0) is 9.54. The average molecular weight is 190 g/mol. The first-order chi connectivity index (χ1) is 6.84. The Morgan fingerprint density at radius 3 is 3.14 bits per heavy atom. The van der Waals surface area contributed by atoms with Gasteiger partial charge in [-0.2, -0.15) is 0 Å². The number of aromatic hydroxyl groups is 1. The molecule has 1 N–H and O–H groups in total. The molecule has 2 nitrogen and oxygen atoms in total. The first kappa shape index (κ1) is 8.16. The average Bonchev–Trinajstić information content (AvgIpc) is 2.65. The molecule has 1 aliphatic heterocycles. The van der Waals surface area contributed by atoms with Crippen LogP contribution in [0.15, 0.2) is 18.2 Å². The predicted octanol–water partition coefficient (Wildman–Crippen LogP) is 2.67. The number of hydrogen-bond donors (Lipinski definition) is 1. The molecule has 0 aromatic heterocycles. The van der Waals surface area contributed by atoms with Gasteiger partial charge in [-0.05, 0) is 42.9 Å². The Balaban J connectivity index is 2.07. The molecular formula is C12H14O2. The standard InChI is InChI=1S/C12H14O2/c13-9-4-5-12-11(6-9)10-3-1-2-8(10)7-14-12/h4-6,8,10,13H,1-3,7H2. The Labute approximate surface area is 83.5 Å². The van der Waals surface area contributed by atoms with E-state index in [1.165, 1.54) is 24.8 Å². The summed E-state index contributed by atoms with van der Waals surface area (Å²) in [5.74, 6) is 2.65. The Kier molecular flexibility index (Phi) is 1.69. The highest BCUT2D eigenvalue weighted by Crippen LogP contribution is 2.47. The highest BCUT2D eigenvalue weighted by molar-refractivity contribution is 5.43. The summed E-state index contributed by atoms with van der Waals surface area (Å²) in [6, 6.07) is 5.46. The third-order valence-corrected chi connectivity index (χ3v) is 3.50. The van der Waals surface area contributed by atoms with Crippen LogP contribution in [0.25, 0.3) is 0 Å². The first-order valence-electron chi connectivity index (χ1n) is 5.30. The van der Waals surface area contributed by atoms with E-state index in [0.29, 0.717) is 17.6 Å². The van der Waals surface area contributed by atoms with Crippen LogP contribution in [0.3, 0.4) is 0 Å². The van der Waals surface area contributed by atoms with Crippen LogP contribution in [-0.4, -0.2) is 11.7 Å². The van der Waals surface area contributed by atoms with Crippen LogP contribution in [0.2, 0.25) is 0 Å². The van der Waals surface area contributed by atoms with E-state index >= 15 is 0 Å². The monoisotopic (exact) mass is 190 g/mol. The zero-order valence-corrected chi connectivity index (χ0v) is 8.07. The van der Waals surface area contributed by atoms with Crippen LogP contribution < -0.4 is 4.74 Å². The van der Waals surface area contributed by atoms with Crippen LogP contribution in [0, 0.1) is 5.92 Å². The third kappa shape index (κ3) is 1.10. The third-order valence-electron chi connectivity index (χ3n) is 3.50. The highest BCUT2D eigenvalue weighted by Gasteiger charge is 2.34. The number of phenols is 1. The molecule has 0 bridgehead atoms. The Morgan fingerprint density at radius 1 is 1.29 bits per heavy atom. The number of benzene rings is 1. The van der Waals surface area contributed by atoms with Gasteiger partial charge in [0.2, 0.25) is 0 Å². The molecule has 0 saturated heterocycles. The lowest BCUT2D eigenvalue weighted by molar-refractivity contribution is 0.209. The molecule has 3 rings (SSSR count). The smallest absolute Gasteiger partial charge is 0.123 e. The molecule has 1 aromatic rings. The van der Waals surface area contributed by atoms with Crippen molar-refractivity contribution < 1.29 is 9.84 Å². The summed E-state index contributed by atoms with van der Waals surface area (Å²) in [4.78, 5) is 0. The SMILES string of the molecule is Oc1ccc2c(c1)C1CCCC1CO2. The maximum absolute atomic E-state index is 9.45. The lowest BCUT2D eigenvalue weighted by Gasteiger charge is -2.28. The molecule has 74 valence electrons.